The third-order valence-electron chi connectivity index (χ3n) is 6.24. The fourth-order valence-corrected chi connectivity index (χ4v) is 4.15. The number of halogens is 3. The van der Waals surface area contributed by atoms with E-state index < -0.39 is 17.7 Å². The molecule has 0 radical (unpaired) electrons. The third-order valence-corrected chi connectivity index (χ3v) is 6.24. The summed E-state index contributed by atoms with van der Waals surface area (Å²) in [4.78, 5) is 24.3. The first-order valence-electron chi connectivity index (χ1n) is 11.0. The van der Waals surface area contributed by atoms with E-state index in [1.165, 1.54) is 25.4 Å². The molecule has 1 saturated heterocycles. The van der Waals surface area contributed by atoms with E-state index in [0.717, 1.165) is 29.1 Å². The van der Waals surface area contributed by atoms with Crippen LogP contribution in [0.2, 0.25) is 0 Å². The molecule has 184 valence electrons. The minimum Gasteiger partial charge on any atom is -0.464 e. The maximum atomic E-state index is 12.9. The van der Waals surface area contributed by atoms with Gasteiger partial charge in [-0.25, -0.2) is 14.8 Å². The molecule has 8 nitrogen and oxygen atoms in total. The largest absolute Gasteiger partial charge is 0.464 e. The highest BCUT2D eigenvalue weighted by Crippen LogP contribution is 2.33. The van der Waals surface area contributed by atoms with Gasteiger partial charge in [0.15, 0.2) is 11.5 Å². The molecule has 2 aromatic heterocycles. The summed E-state index contributed by atoms with van der Waals surface area (Å²) in [6, 6.07) is 5.04. The molecule has 0 bridgehead atoms. The van der Waals surface area contributed by atoms with E-state index in [4.69, 9.17) is 0 Å². The SMILES string of the molecule is COC(=O)c1cnc(N2CCN(c3nnc(-c4ccc(C(F)(F)F)cc4)c(C)c3C)C[C@H]2C)cn1. The third kappa shape index (κ3) is 4.89. The van der Waals surface area contributed by atoms with Crippen LogP contribution in [0.4, 0.5) is 24.8 Å². The number of carbonyl (C=O) groups excluding carboxylic acids is 1. The minimum absolute atomic E-state index is 0.0816. The summed E-state index contributed by atoms with van der Waals surface area (Å²) >= 11 is 0. The Kier molecular flexibility index (Phi) is 6.60. The molecule has 1 aliphatic heterocycles. The van der Waals surface area contributed by atoms with E-state index in [1.807, 2.05) is 13.8 Å². The molecule has 1 aromatic carbocycles. The van der Waals surface area contributed by atoms with E-state index in [9.17, 15) is 18.0 Å². The number of hydrogen-bond acceptors (Lipinski definition) is 8. The number of esters is 1. The quantitative estimate of drug-likeness (QED) is 0.511. The van der Waals surface area contributed by atoms with Gasteiger partial charge in [-0.3, -0.25) is 0 Å². The van der Waals surface area contributed by atoms with E-state index in [-0.39, 0.29) is 11.7 Å². The summed E-state index contributed by atoms with van der Waals surface area (Å²) in [7, 11) is 1.29. The van der Waals surface area contributed by atoms with Crippen molar-refractivity contribution < 1.29 is 22.7 Å². The van der Waals surface area contributed by atoms with Crippen LogP contribution in [0.15, 0.2) is 36.7 Å². The van der Waals surface area contributed by atoms with Crippen molar-refractivity contribution in [1.29, 1.82) is 0 Å². The van der Waals surface area contributed by atoms with Crippen molar-refractivity contribution in [3.05, 3.63) is 59.0 Å². The first-order chi connectivity index (χ1) is 16.6. The zero-order valence-corrected chi connectivity index (χ0v) is 19.8. The van der Waals surface area contributed by atoms with Gasteiger partial charge in [0.1, 0.15) is 5.82 Å². The predicted molar refractivity (Wildman–Crippen MR) is 124 cm³/mol. The Balaban J connectivity index is 1.51. The normalized spacial score (nSPS) is 16.4. The number of alkyl halides is 3. The number of hydrogen-bond donors (Lipinski definition) is 0. The highest BCUT2D eigenvalue weighted by molar-refractivity contribution is 5.86. The van der Waals surface area contributed by atoms with Crippen molar-refractivity contribution in [2.75, 3.05) is 36.5 Å². The van der Waals surface area contributed by atoms with E-state index in [2.05, 4.69) is 41.6 Å². The molecular formula is C24H25F3N6O2. The van der Waals surface area contributed by atoms with Crippen molar-refractivity contribution in [3.8, 4) is 11.3 Å². The molecular weight excluding hydrogens is 461 g/mol. The molecule has 1 fully saturated rings. The van der Waals surface area contributed by atoms with E-state index >= 15 is 0 Å². The topological polar surface area (TPSA) is 84.3 Å². The number of rotatable bonds is 4. The van der Waals surface area contributed by atoms with Gasteiger partial charge in [-0.2, -0.15) is 13.2 Å². The van der Waals surface area contributed by atoms with Crippen LogP contribution in [0.5, 0.6) is 0 Å². The van der Waals surface area contributed by atoms with Gasteiger partial charge in [0, 0.05) is 31.2 Å². The number of nitrogens with zero attached hydrogens (tertiary/aromatic N) is 6. The molecule has 3 aromatic rings. The number of benzene rings is 1. The Bertz CT molecular complexity index is 1220. The molecule has 4 rings (SSSR count). The second-order valence-corrected chi connectivity index (χ2v) is 8.44. The van der Waals surface area contributed by atoms with Crippen LogP contribution in [-0.2, 0) is 10.9 Å². The molecule has 0 amide bonds. The number of aromatic nitrogens is 4. The first-order valence-corrected chi connectivity index (χ1v) is 11.0. The maximum Gasteiger partial charge on any atom is 0.416 e. The molecule has 3 heterocycles. The van der Waals surface area contributed by atoms with Gasteiger partial charge in [-0.1, -0.05) is 12.1 Å². The van der Waals surface area contributed by atoms with Gasteiger partial charge in [0.25, 0.3) is 0 Å². The molecule has 35 heavy (non-hydrogen) atoms. The average molecular weight is 486 g/mol. The molecule has 0 N–H and O–H groups in total. The monoisotopic (exact) mass is 486 g/mol. The number of carbonyl (C=O) groups is 1. The Morgan fingerprint density at radius 3 is 2.31 bits per heavy atom. The Labute approximate surface area is 200 Å². The van der Waals surface area contributed by atoms with E-state index in [0.29, 0.717) is 36.7 Å². The van der Waals surface area contributed by atoms with Crippen LogP contribution in [-0.4, -0.2) is 58.9 Å². The summed E-state index contributed by atoms with van der Waals surface area (Å²) in [5.74, 6) is 0.879. The lowest BCUT2D eigenvalue weighted by Crippen LogP contribution is -2.53. The maximum absolute atomic E-state index is 12.9. The van der Waals surface area contributed by atoms with Gasteiger partial charge < -0.3 is 14.5 Å². The molecule has 0 saturated carbocycles. The van der Waals surface area contributed by atoms with Crippen LogP contribution in [0, 0.1) is 13.8 Å². The molecule has 1 atom stereocenters. The van der Waals surface area contributed by atoms with Crippen LogP contribution in [0.3, 0.4) is 0 Å². The van der Waals surface area contributed by atoms with Gasteiger partial charge in [0.2, 0.25) is 0 Å². The van der Waals surface area contributed by atoms with Crippen LogP contribution in [0.25, 0.3) is 11.3 Å². The van der Waals surface area contributed by atoms with Crippen molar-refractivity contribution in [1.82, 2.24) is 20.2 Å². The van der Waals surface area contributed by atoms with Gasteiger partial charge in [-0.05, 0) is 44.0 Å². The summed E-state index contributed by atoms with van der Waals surface area (Å²) < 4.78 is 43.3. The van der Waals surface area contributed by atoms with E-state index in [1.54, 1.807) is 6.20 Å². The molecule has 0 unspecified atom stereocenters. The smallest absolute Gasteiger partial charge is 0.416 e. The Morgan fingerprint density at radius 1 is 1.03 bits per heavy atom. The summed E-state index contributed by atoms with van der Waals surface area (Å²) in [6.07, 6.45) is -1.42. The van der Waals surface area contributed by atoms with Crippen molar-refractivity contribution >= 4 is 17.6 Å². The highest BCUT2D eigenvalue weighted by atomic mass is 19.4. The van der Waals surface area contributed by atoms with Crippen LogP contribution < -0.4 is 9.80 Å². The first kappa shape index (κ1) is 24.4. The fraction of sp³-hybridized carbons (Fsp3) is 0.375. The lowest BCUT2D eigenvalue weighted by molar-refractivity contribution is -0.137. The summed E-state index contributed by atoms with van der Waals surface area (Å²) in [6.45, 7) is 7.90. The Hall–Kier alpha value is -3.76. The molecule has 0 aliphatic carbocycles. The van der Waals surface area contributed by atoms with Crippen molar-refractivity contribution in [2.24, 2.45) is 0 Å². The zero-order chi connectivity index (χ0) is 25.3. The minimum atomic E-state index is -4.38. The second-order valence-electron chi connectivity index (χ2n) is 8.44. The standard InChI is InChI=1S/C24H25F3N6O2/c1-14-13-32(9-10-33(14)20-12-28-19(11-29-20)23(34)35-4)22-16(3)15(2)21(30-31-22)17-5-7-18(8-6-17)24(25,26)27/h5-8,11-12,14H,9-10,13H2,1-4H3/t14-/m1/s1. The van der Waals surface area contributed by atoms with Gasteiger partial charge in [-0.15, -0.1) is 10.2 Å². The lowest BCUT2D eigenvalue weighted by atomic mass is 10.0. The Morgan fingerprint density at radius 2 is 1.74 bits per heavy atom. The van der Waals surface area contributed by atoms with Gasteiger partial charge >= 0.3 is 12.1 Å². The van der Waals surface area contributed by atoms with Crippen LogP contribution >= 0.6 is 0 Å². The average Bonchev–Trinajstić information content (AvgIpc) is 2.85. The van der Waals surface area contributed by atoms with Crippen LogP contribution in [0.1, 0.15) is 34.1 Å². The number of piperazine rings is 1. The summed E-state index contributed by atoms with van der Waals surface area (Å²) in [5.41, 5.74) is 2.40. The predicted octanol–water partition coefficient (Wildman–Crippen LogP) is 4.07. The number of ether oxygens (including phenoxy) is 1. The van der Waals surface area contributed by atoms with Crippen molar-refractivity contribution in [3.63, 3.8) is 0 Å². The second kappa shape index (κ2) is 9.47. The lowest BCUT2D eigenvalue weighted by Gasteiger charge is -2.41. The molecule has 0 spiro atoms. The summed E-state index contributed by atoms with van der Waals surface area (Å²) in [5, 5.41) is 8.80. The zero-order valence-electron chi connectivity index (χ0n) is 19.8. The number of anilines is 2. The van der Waals surface area contributed by atoms with Crippen molar-refractivity contribution in [2.45, 2.75) is 33.0 Å². The molecule has 1 aliphatic rings. The fourth-order valence-electron chi connectivity index (χ4n) is 4.15. The number of methoxy groups -OCH3 is 1. The highest BCUT2D eigenvalue weighted by Gasteiger charge is 2.31. The van der Waals surface area contributed by atoms with Gasteiger partial charge in [0.05, 0.1) is 30.8 Å². The molecule has 11 heteroatoms.